The number of benzene rings is 5. The van der Waals surface area contributed by atoms with Crippen LogP contribution in [0.4, 0.5) is 4.79 Å². The van der Waals surface area contributed by atoms with Gasteiger partial charge in [0.1, 0.15) is 102 Å². The van der Waals surface area contributed by atoms with Gasteiger partial charge in [0.25, 0.3) is 0 Å². The number of Topliss-reactive ketones (excluding diaryl/α,β-unsaturated/α-hetero) is 3. The summed E-state index contributed by atoms with van der Waals surface area (Å²) in [6, 6.07) is 4.78. The van der Waals surface area contributed by atoms with Crippen molar-refractivity contribution in [1.82, 2.24) is 26.2 Å². The second kappa shape index (κ2) is 29.9. The van der Waals surface area contributed by atoms with Gasteiger partial charge in [-0.1, -0.05) is 67.9 Å². The Morgan fingerprint density at radius 1 is 0.742 bits per heavy atom. The predicted molar refractivity (Wildman–Crippen MR) is 339 cm³/mol. The maximum absolute atomic E-state index is 16.0. The third-order valence-electron chi connectivity index (χ3n) is 16.9. The van der Waals surface area contributed by atoms with Crippen LogP contribution in [0.1, 0.15) is 104 Å². The highest BCUT2D eigenvalue weighted by Crippen LogP contribution is 2.50. The van der Waals surface area contributed by atoms with Crippen molar-refractivity contribution in [3.05, 3.63) is 129 Å². The van der Waals surface area contributed by atoms with Crippen LogP contribution < -0.4 is 41.2 Å². The molecule has 5 aromatic carbocycles. The number of fused-ring (bicyclic) bond motifs is 15. The Labute approximate surface area is 562 Å². The van der Waals surface area contributed by atoms with E-state index in [1.807, 2.05) is 0 Å². The van der Waals surface area contributed by atoms with Gasteiger partial charge in [-0.3, -0.25) is 43.3 Å². The lowest BCUT2D eigenvalue weighted by Gasteiger charge is -2.39. The first-order chi connectivity index (χ1) is 45.9. The van der Waals surface area contributed by atoms with Gasteiger partial charge in [0.05, 0.1) is 28.5 Å². The first-order valence-electron chi connectivity index (χ1n) is 30.3. The maximum atomic E-state index is 16.0. The molecule has 29 nitrogen and oxygen atoms in total. The van der Waals surface area contributed by atoms with Gasteiger partial charge in [-0.25, -0.2) is 4.79 Å². The van der Waals surface area contributed by atoms with Gasteiger partial charge in [0.2, 0.25) is 41.6 Å². The standard InChI is InChI=1S/C66H70Cl2N6O23/c1-6-13-93-66(92)74(5)39(14-26(2)3)63(90)72-53-42(80)18-32(21-49(69)82)61(88)71-52-31-19-46(94-44-11-8-29(55(53)83)16-37(44)67)60(97-65-59(87)58(86)57(85)48(25-75)96-65)47(20-31)95-45-12-9-30(17-38(45)68)56(84)54-64(91)70-51(27(4)76)36-22-33(77)23-41(79)50(36)35-15-28(7-10-40(35)78)34(24-43(52)81)62(89)73-54/h6-12,15-17,19-20,22-23,26,32,34,39,48,51-59,65,75,77-79,83-87H,1,13-14,18,21,24-25H2,2-5H3,(H2,69,82)(H,70,91)(H,71,88)(H,72,90)(H,73,89)/t32-,34+,39+,48?,51+,52+,53-,54+,55+,56+,57?,58?,59?,65?/m0/s1. The largest absolute Gasteiger partial charge is 0.508 e. The van der Waals surface area contributed by atoms with E-state index in [0.717, 1.165) is 66.4 Å². The molecule has 97 heavy (non-hydrogen) atoms. The van der Waals surface area contributed by atoms with Gasteiger partial charge in [0.15, 0.2) is 28.8 Å². The van der Waals surface area contributed by atoms with Crippen molar-refractivity contribution in [3.8, 4) is 57.1 Å². The molecule has 6 aliphatic heterocycles. The van der Waals surface area contributed by atoms with E-state index in [0.29, 0.717) is 0 Å². The average Bonchev–Trinajstić information content (AvgIpc) is 0.772. The van der Waals surface area contributed by atoms with E-state index in [4.69, 9.17) is 52.6 Å². The third-order valence-corrected chi connectivity index (χ3v) is 17.4. The fraction of sp³-hybridized carbons (Fsp3) is 0.379. The van der Waals surface area contributed by atoms with Gasteiger partial charge in [-0.15, -0.1) is 0 Å². The smallest absolute Gasteiger partial charge is 0.410 e. The normalized spacial score (nSPS) is 25.4. The monoisotopic (exact) mass is 1380 g/mol. The van der Waals surface area contributed by atoms with Gasteiger partial charge in [0, 0.05) is 43.5 Å². The van der Waals surface area contributed by atoms with Crippen LogP contribution in [0.3, 0.4) is 0 Å². The minimum absolute atomic E-state index is 0.0321. The van der Waals surface area contributed by atoms with Crippen LogP contribution in [0, 0.1) is 11.8 Å². The van der Waals surface area contributed by atoms with E-state index in [9.17, 15) is 69.9 Å². The molecule has 1 saturated heterocycles. The summed E-state index contributed by atoms with van der Waals surface area (Å²) in [6.45, 7) is 6.85. The van der Waals surface area contributed by atoms with Crippen LogP contribution >= 0.6 is 23.2 Å². The van der Waals surface area contributed by atoms with Crippen LogP contribution in [0.5, 0.6) is 46.0 Å². The molecule has 5 aromatic rings. The zero-order valence-electron chi connectivity index (χ0n) is 52.2. The number of rotatable bonds is 13. The molecule has 31 heteroatoms. The van der Waals surface area contributed by atoms with E-state index in [1.165, 1.54) is 37.4 Å². The first kappa shape index (κ1) is 71.9. The topological polar surface area (TPSA) is 459 Å². The number of phenolic OH excluding ortho intramolecular Hbond substituents is 3. The number of aliphatic hydroxyl groups excluding tert-OH is 6. The minimum Gasteiger partial charge on any atom is -0.508 e. The molecule has 0 aromatic heterocycles. The summed E-state index contributed by atoms with van der Waals surface area (Å²) in [5, 5.41) is 111. The summed E-state index contributed by atoms with van der Waals surface area (Å²) < 4.78 is 30.2. The molecule has 0 radical (unpaired) electrons. The molecule has 6 amide bonds. The Kier molecular flexibility index (Phi) is 22.2. The highest BCUT2D eigenvalue weighted by atomic mass is 35.5. The van der Waals surface area contributed by atoms with Crippen molar-refractivity contribution in [3.63, 3.8) is 0 Å². The summed E-state index contributed by atoms with van der Waals surface area (Å²) in [6.07, 6.45) is -16.8. The van der Waals surface area contributed by atoms with Crippen molar-refractivity contribution in [2.45, 2.75) is 125 Å². The van der Waals surface area contributed by atoms with E-state index >= 15 is 19.2 Å². The molecule has 0 saturated carbocycles. The van der Waals surface area contributed by atoms with Crippen LogP contribution in [-0.4, -0.2) is 173 Å². The average molecular weight is 1390 g/mol. The lowest BCUT2D eigenvalue weighted by atomic mass is 9.84. The number of nitrogens with zero attached hydrogens (tertiary/aromatic N) is 1. The van der Waals surface area contributed by atoms with Crippen molar-refractivity contribution in [1.29, 1.82) is 0 Å². The number of ether oxygens (including phenoxy) is 5. The summed E-state index contributed by atoms with van der Waals surface area (Å²) >= 11 is 14.0. The number of halogens is 2. The predicted octanol–water partition coefficient (Wildman–Crippen LogP) is 3.38. The maximum Gasteiger partial charge on any atom is 0.410 e. The Hall–Kier alpha value is -9.43. The second-order valence-corrected chi connectivity index (χ2v) is 25.0. The number of hydrogen-bond donors (Lipinski definition) is 14. The van der Waals surface area contributed by atoms with Crippen LogP contribution in [0.15, 0.2) is 91.5 Å². The van der Waals surface area contributed by atoms with Crippen LogP contribution in [0.2, 0.25) is 10.0 Å². The lowest BCUT2D eigenvalue weighted by molar-refractivity contribution is -0.277. The quantitative estimate of drug-likeness (QED) is 0.0751. The number of hydrogen-bond acceptors (Lipinski definition) is 23. The summed E-state index contributed by atoms with van der Waals surface area (Å²) in [7, 11) is 1.26. The Morgan fingerprint density at radius 3 is 1.96 bits per heavy atom. The van der Waals surface area contributed by atoms with Crippen LogP contribution in [-0.2, 0) is 47.8 Å². The van der Waals surface area contributed by atoms with E-state index < -0.39 is 198 Å². The summed E-state index contributed by atoms with van der Waals surface area (Å²) in [5.74, 6) is -17.7. The summed E-state index contributed by atoms with van der Waals surface area (Å²) in [4.78, 5) is 132. The molecule has 14 atom stereocenters. The number of ketones is 3. The van der Waals surface area contributed by atoms with Gasteiger partial charge in [-0.05, 0) is 102 Å². The van der Waals surface area contributed by atoms with E-state index in [1.54, 1.807) is 13.8 Å². The Bertz CT molecular complexity index is 3960. The number of nitrogens with two attached hydrogens (primary N) is 1. The molecular formula is C66H70Cl2N6O23. The van der Waals surface area contributed by atoms with Crippen molar-refractivity contribution in [2.75, 3.05) is 20.3 Å². The number of nitrogens with one attached hydrogen (secondary N) is 4. The second-order valence-electron chi connectivity index (χ2n) is 24.2. The molecule has 6 aliphatic rings. The molecule has 0 aliphatic carbocycles. The van der Waals surface area contributed by atoms with Crippen molar-refractivity contribution >= 4 is 76.2 Å². The minimum atomic E-state index is -2.19. The van der Waals surface area contributed by atoms with Gasteiger partial charge >= 0.3 is 6.09 Å². The fourth-order valence-corrected chi connectivity index (χ4v) is 12.2. The van der Waals surface area contributed by atoms with Gasteiger partial charge < -0.3 is 96.6 Å². The number of aliphatic hydroxyl groups is 6. The number of carbonyl (C=O) groups is 9. The number of carbonyl (C=O) groups excluding carboxylic acids is 9. The van der Waals surface area contributed by atoms with E-state index in [-0.39, 0.29) is 79.4 Å². The fourth-order valence-electron chi connectivity index (χ4n) is 11.8. The molecule has 11 bridgehead atoms. The molecular weight excluding hydrogens is 1320 g/mol. The molecule has 0 spiro atoms. The molecule has 516 valence electrons. The highest BCUT2D eigenvalue weighted by molar-refractivity contribution is 6.32. The molecule has 1 fully saturated rings. The zero-order valence-corrected chi connectivity index (χ0v) is 53.7. The third kappa shape index (κ3) is 15.5. The van der Waals surface area contributed by atoms with Crippen molar-refractivity contribution in [2.24, 2.45) is 17.6 Å². The van der Waals surface area contributed by atoms with Crippen LogP contribution in [0.25, 0.3) is 11.1 Å². The lowest BCUT2D eigenvalue weighted by Crippen LogP contribution is -2.60. The van der Waals surface area contributed by atoms with Crippen molar-refractivity contribution < 1.29 is 113 Å². The van der Waals surface area contributed by atoms with Gasteiger partial charge in [-0.2, -0.15) is 0 Å². The number of amides is 6. The number of likely N-dealkylation sites (N-methyl/N-ethyl adjacent to an activating group) is 1. The zero-order chi connectivity index (χ0) is 70.8. The molecule has 6 heterocycles. The highest BCUT2D eigenvalue weighted by Gasteiger charge is 2.47. The number of phenols is 3. The number of primary amides is 1. The Balaban J connectivity index is 1.30. The first-order valence-corrected chi connectivity index (χ1v) is 31.1. The van der Waals surface area contributed by atoms with E-state index in [2.05, 4.69) is 27.8 Å². The molecule has 11 rings (SSSR count). The number of aromatic hydroxyl groups is 3. The Morgan fingerprint density at radius 2 is 1.37 bits per heavy atom. The molecule has 5 unspecified atom stereocenters. The SMILES string of the molecule is C=CCOC(=O)N(C)[C@H](CC(C)C)C(=O)N[C@H]1C(=O)C[C@@H](CC(N)=O)C(=O)N[C@H]2C(=O)C[C@H]3C(=O)N[C@@H](C(=O)N[C@H](C(C)=O)c4cc(O)cc(O)c4-c4cc3ccc4O)[C@H](O)c3ccc(c(Cl)c3)Oc3cc2cc(c3OC2OC(CO)C(O)C(O)C2O)Oc2ccc(cc2Cl)[C@H]1O. The summed E-state index contributed by atoms with van der Waals surface area (Å²) in [5.41, 5.74) is 3.85. The molecule has 15 N–H and O–H groups in total.